The van der Waals surface area contributed by atoms with Crippen LogP contribution in [0.4, 0.5) is 4.39 Å². The van der Waals surface area contributed by atoms with Crippen LogP contribution in [0.2, 0.25) is 0 Å². The van der Waals surface area contributed by atoms with E-state index in [0.717, 1.165) is 25.2 Å². The molecule has 1 saturated heterocycles. The van der Waals surface area contributed by atoms with E-state index < -0.39 is 0 Å². The summed E-state index contributed by atoms with van der Waals surface area (Å²) in [5.74, 6) is -0.331. The first-order valence-corrected chi connectivity index (χ1v) is 5.82. The minimum Gasteiger partial charge on any atom is -0.312 e. The van der Waals surface area contributed by atoms with Gasteiger partial charge in [0.1, 0.15) is 5.82 Å². The molecular weight excluding hydrogens is 217 g/mol. The molecule has 0 radical (unpaired) electrons. The molecule has 1 unspecified atom stereocenters. The van der Waals surface area contributed by atoms with Crippen molar-refractivity contribution in [2.45, 2.75) is 19.5 Å². The van der Waals surface area contributed by atoms with E-state index in [2.05, 4.69) is 17.1 Å². The van der Waals surface area contributed by atoms with Gasteiger partial charge < -0.3 is 5.32 Å². The summed E-state index contributed by atoms with van der Waals surface area (Å²) in [4.78, 5) is 2.27. The van der Waals surface area contributed by atoms with Crippen LogP contribution in [0.1, 0.15) is 18.1 Å². The van der Waals surface area contributed by atoms with Crippen LogP contribution in [-0.4, -0.2) is 30.6 Å². The van der Waals surface area contributed by atoms with E-state index in [1.807, 2.05) is 6.07 Å². The van der Waals surface area contributed by atoms with E-state index in [0.29, 0.717) is 18.2 Å². The van der Waals surface area contributed by atoms with Crippen LogP contribution in [0, 0.1) is 17.1 Å². The fraction of sp³-hybridized carbons (Fsp3) is 0.462. The average Bonchev–Trinajstić information content (AvgIpc) is 2.28. The van der Waals surface area contributed by atoms with Crippen LogP contribution in [0.3, 0.4) is 0 Å². The number of nitrogens with one attached hydrogen (secondary N) is 1. The second-order valence-corrected chi connectivity index (χ2v) is 4.55. The minimum atomic E-state index is -0.331. The molecule has 17 heavy (non-hydrogen) atoms. The highest BCUT2D eigenvalue weighted by molar-refractivity contribution is 5.33. The van der Waals surface area contributed by atoms with Crippen LogP contribution < -0.4 is 5.32 Å². The van der Waals surface area contributed by atoms with Crippen molar-refractivity contribution in [1.82, 2.24) is 10.2 Å². The number of hydrogen-bond donors (Lipinski definition) is 1. The van der Waals surface area contributed by atoms with E-state index in [4.69, 9.17) is 5.26 Å². The zero-order valence-electron chi connectivity index (χ0n) is 9.91. The molecule has 0 spiro atoms. The molecule has 1 fully saturated rings. The molecule has 0 amide bonds. The minimum absolute atomic E-state index is 0.331. The van der Waals surface area contributed by atoms with Crippen LogP contribution in [-0.2, 0) is 6.54 Å². The Morgan fingerprint density at radius 3 is 3.06 bits per heavy atom. The van der Waals surface area contributed by atoms with Gasteiger partial charge in [0.05, 0.1) is 11.6 Å². The van der Waals surface area contributed by atoms with Crippen LogP contribution >= 0.6 is 0 Å². The third-order valence-electron chi connectivity index (χ3n) is 2.95. The van der Waals surface area contributed by atoms with E-state index in [9.17, 15) is 4.39 Å². The first-order chi connectivity index (χ1) is 8.17. The molecule has 1 aliphatic rings. The van der Waals surface area contributed by atoms with Gasteiger partial charge in [-0.05, 0) is 30.7 Å². The molecule has 3 nitrogen and oxygen atoms in total. The predicted octanol–water partition coefficient (Wildman–Crippen LogP) is 1.49. The van der Waals surface area contributed by atoms with Gasteiger partial charge in [0, 0.05) is 32.2 Å². The summed E-state index contributed by atoms with van der Waals surface area (Å²) in [5.41, 5.74) is 1.26. The molecule has 1 aromatic carbocycles. The SMILES string of the molecule is CC1CN(Cc2cc(F)cc(C#N)c2)CCN1. The molecule has 0 bridgehead atoms. The number of piperazine rings is 1. The molecule has 90 valence electrons. The van der Waals surface area contributed by atoms with Crippen molar-refractivity contribution in [3.63, 3.8) is 0 Å². The normalized spacial score (nSPS) is 21.1. The number of halogens is 1. The van der Waals surface area contributed by atoms with Gasteiger partial charge in [-0.15, -0.1) is 0 Å². The van der Waals surface area contributed by atoms with Gasteiger partial charge in [-0.3, -0.25) is 4.90 Å². The molecule has 1 atom stereocenters. The fourth-order valence-corrected chi connectivity index (χ4v) is 2.22. The fourth-order valence-electron chi connectivity index (χ4n) is 2.22. The topological polar surface area (TPSA) is 39.1 Å². The van der Waals surface area contributed by atoms with Gasteiger partial charge in [0.2, 0.25) is 0 Å². The number of nitriles is 1. The monoisotopic (exact) mass is 233 g/mol. The summed E-state index contributed by atoms with van der Waals surface area (Å²) in [6.07, 6.45) is 0. The molecule has 0 aliphatic carbocycles. The maximum absolute atomic E-state index is 13.3. The maximum Gasteiger partial charge on any atom is 0.124 e. The highest BCUT2D eigenvalue weighted by Gasteiger charge is 2.15. The standard InChI is InChI=1S/C13H16FN3/c1-10-8-17(3-2-16-10)9-12-4-11(7-15)5-13(14)6-12/h4-6,10,16H,2-3,8-9H2,1H3. The Bertz CT molecular complexity index is 439. The first-order valence-electron chi connectivity index (χ1n) is 5.82. The first kappa shape index (κ1) is 12.0. The van der Waals surface area contributed by atoms with Gasteiger partial charge in [-0.1, -0.05) is 0 Å². The Morgan fingerprint density at radius 2 is 2.35 bits per heavy atom. The van der Waals surface area contributed by atoms with Crippen LogP contribution in [0.5, 0.6) is 0 Å². The molecular formula is C13H16FN3. The molecule has 1 aliphatic heterocycles. The zero-order valence-corrected chi connectivity index (χ0v) is 9.91. The molecule has 1 aromatic rings. The van der Waals surface area contributed by atoms with Gasteiger partial charge >= 0.3 is 0 Å². The van der Waals surface area contributed by atoms with Crippen molar-refractivity contribution >= 4 is 0 Å². The van der Waals surface area contributed by atoms with Gasteiger partial charge in [0.15, 0.2) is 0 Å². The second kappa shape index (κ2) is 5.26. The Labute approximate surface area is 101 Å². The summed E-state index contributed by atoms with van der Waals surface area (Å²) in [5, 5.41) is 12.2. The molecule has 2 rings (SSSR count). The van der Waals surface area contributed by atoms with Crippen molar-refractivity contribution in [2.75, 3.05) is 19.6 Å². The molecule has 4 heteroatoms. The highest BCUT2D eigenvalue weighted by atomic mass is 19.1. The lowest BCUT2D eigenvalue weighted by molar-refractivity contribution is 0.199. The summed E-state index contributed by atoms with van der Waals surface area (Å²) in [6.45, 7) is 5.72. The third-order valence-corrected chi connectivity index (χ3v) is 2.95. The quantitative estimate of drug-likeness (QED) is 0.841. The Hall–Kier alpha value is -1.44. The van der Waals surface area contributed by atoms with E-state index in [1.54, 1.807) is 6.07 Å². The maximum atomic E-state index is 13.3. The lowest BCUT2D eigenvalue weighted by atomic mass is 10.1. The molecule has 1 N–H and O–H groups in total. The summed E-state index contributed by atoms with van der Waals surface area (Å²) in [7, 11) is 0. The lowest BCUT2D eigenvalue weighted by Crippen LogP contribution is -2.48. The smallest absolute Gasteiger partial charge is 0.124 e. The van der Waals surface area contributed by atoms with Crippen molar-refractivity contribution in [3.05, 3.63) is 35.1 Å². The average molecular weight is 233 g/mol. The van der Waals surface area contributed by atoms with Crippen molar-refractivity contribution in [1.29, 1.82) is 5.26 Å². The van der Waals surface area contributed by atoms with Crippen molar-refractivity contribution < 1.29 is 4.39 Å². The van der Waals surface area contributed by atoms with Crippen LogP contribution in [0.25, 0.3) is 0 Å². The van der Waals surface area contributed by atoms with Gasteiger partial charge in [-0.2, -0.15) is 5.26 Å². The largest absolute Gasteiger partial charge is 0.312 e. The van der Waals surface area contributed by atoms with Gasteiger partial charge in [-0.25, -0.2) is 4.39 Å². The second-order valence-electron chi connectivity index (χ2n) is 4.55. The molecule has 0 saturated carbocycles. The summed E-state index contributed by atoms with van der Waals surface area (Å²) < 4.78 is 13.3. The Morgan fingerprint density at radius 1 is 1.53 bits per heavy atom. The zero-order chi connectivity index (χ0) is 12.3. The number of hydrogen-bond acceptors (Lipinski definition) is 3. The summed E-state index contributed by atoms with van der Waals surface area (Å²) in [6, 6.07) is 6.98. The lowest BCUT2D eigenvalue weighted by Gasteiger charge is -2.31. The Kier molecular flexibility index (Phi) is 3.72. The van der Waals surface area contributed by atoms with Crippen molar-refractivity contribution in [2.24, 2.45) is 0 Å². The van der Waals surface area contributed by atoms with Gasteiger partial charge in [0.25, 0.3) is 0 Å². The number of nitrogens with zero attached hydrogens (tertiary/aromatic N) is 2. The van der Waals surface area contributed by atoms with E-state index >= 15 is 0 Å². The number of benzene rings is 1. The van der Waals surface area contributed by atoms with Crippen LogP contribution in [0.15, 0.2) is 18.2 Å². The van der Waals surface area contributed by atoms with E-state index in [-0.39, 0.29) is 5.82 Å². The summed E-state index contributed by atoms with van der Waals surface area (Å²) >= 11 is 0. The van der Waals surface area contributed by atoms with E-state index in [1.165, 1.54) is 12.1 Å². The molecule has 0 aromatic heterocycles. The van der Waals surface area contributed by atoms with Crippen molar-refractivity contribution in [3.8, 4) is 6.07 Å². The molecule has 1 heterocycles. The Balaban J connectivity index is 2.07. The highest BCUT2D eigenvalue weighted by Crippen LogP contribution is 2.12. The third kappa shape index (κ3) is 3.26. The predicted molar refractivity (Wildman–Crippen MR) is 63.9 cm³/mol. The number of rotatable bonds is 2.